The Kier molecular flexibility index (Phi) is 8.18. The molecule has 1 aliphatic rings. The number of likely N-dealkylation sites (N-methyl/N-ethyl adjacent to an activating group) is 1. The first kappa shape index (κ1) is 17.0. The van der Waals surface area contributed by atoms with Crippen molar-refractivity contribution in [2.75, 3.05) is 33.2 Å². The van der Waals surface area contributed by atoms with Gasteiger partial charge in [0.1, 0.15) is 0 Å². The molecule has 2 nitrogen and oxygen atoms in total. The van der Waals surface area contributed by atoms with E-state index < -0.39 is 0 Å². The summed E-state index contributed by atoms with van der Waals surface area (Å²) in [4.78, 5) is 4.85. The van der Waals surface area contributed by atoms with Gasteiger partial charge in [-0.05, 0) is 24.7 Å². The van der Waals surface area contributed by atoms with E-state index in [1.54, 1.807) is 0 Å². The van der Waals surface area contributed by atoms with Crippen LogP contribution in [0.25, 0.3) is 0 Å². The molecule has 0 N–H and O–H groups in total. The minimum absolute atomic E-state index is 0. The van der Waals surface area contributed by atoms with Crippen molar-refractivity contribution in [1.29, 1.82) is 0 Å². The van der Waals surface area contributed by atoms with Crippen LogP contribution in [0.1, 0.15) is 5.56 Å². The van der Waals surface area contributed by atoms with E-state index >= 15 is 0 Å². The summed E-state index contributed by atoms with van der Waals surface area (Å²) in [5, 5.41) is 0.835. The fourth-order valence-corrected chi connectivity index (χ4v) is 2.11. The first-order chi connectivity index (χ1) is 7.24. The summed E-state index contributed by atoms with van der Waals surface area (Å²) in [7, 11) is 2.18. The first-order valence-corrected chi connectivity index (χ1v) is 5.77. The quantitative estimate of drug-likeness (QED) is 0.828. The number of rotatable bonds is 2. The van der Waals surface area contributed by atoms with Crippen LogP contribution in [0.3, 0.4) is 0 Å². The lowest BCUT2D eigenvalue weighted by Gasteiger charge is -2.32. The van der Waals surface area contributed by atoms with Crippen molar-refractivity contribution in [3.05, 3.63) is 34.9 Å². The second-order valence-corrected chi connectivity index (χ2v) is 4.65. The molecule has 1 heterocycles. The topological polar surface area (TPSA) is 6.48 Å². The van der Waals surface area contributed by atoms with E-state index in [2.05, 4.69) is 29.0 Å². The Labute approximate surface area is 121 Å². The molecule has 1 aliphatic heterocycles. The zero-order chi connectivity index (χ0) is 10.7. The normalized spacial score (nSPS) is 17.1. The van der Waals surface area contributed by atoms with E-state index in [-0.39, 0.29) is 24.8 Å². The lowest BCUT2D eigenvalue weighted by atomic mass is 10.2. The average Bonchev–Trinajstić information content (AvgIpc) is 2.22. The zero-order valence-corrected chi connectivity index (χ0v) is 12.3. The van der Waals surface area contributed by atoms with Gasteiger partial charge in [0.2, 0.25) is 0 Å². The summed E-state index contributed by atoms with van der Waals surface area (Å²) in [6, 6.07) is 8.15. The standard InChI is InChI=1S/C12H17ClN2.2ClH/c1-14-5-7-15(8-6-14)10-11-3-2-4-12(13)9-11;;/h2-4,9H,5-8,10H2,1H3;2*1H. The predicted octanol–water partition coefficient (Wildman–Crippen LogP) is 2.93. The molecule has 17 heavy (non-hydrogen) atoms. The third-order valence-corrected chi connectivity index (χ3v) is 3.13. The minimum atomic E-state index is 0. The summed E-state index contributed by atoms with van der Waals surface area (Å²) < 4.78 is 0. The van der Waals surface area contributed by atoms with Crippen LogP contribution >= 0.6 is 36.4 Å². The highest BCUT2D eigenvalue weighted by molar-refractivity contribution is 6.30. The molecular formula is C12H19Cl3N2. The molecule has 1 saturated heterocycles. The van der Waals surface area contributed by atoms with E-state index in [1.165, 1.54) is 18.7 Å². The predicted molar refractivity (Wildman–Crippen MR) is 78.7 cm³/mol. The summed E-state index contributed by atoms with van der Waals surface area (Å²) >= 11 is 5.96. The molecule has 0 spiro atoms. The van der Waals surface area contributed by atoms with Gasteiger partial charge in [-0.2, -0.15) is 0 Å². The molecule has 1 aromatic rings. The zero-order valence-electron chi connectivity index (χ0n) is 9.93. The molecule has 1 fully saturated rings. The number of piperazine rings is 1. The molecule has 0 radical (unpaired) electrons. The van der Waals surface area contributed by atoms with Crippen LogP contribution in [0.4, 0.5) is 0 Å². The Morgan fingerprint density at radius 3 is 2.35 bits per heavy atom. The van der Waals surface area contributed by atoms with Crippen LogP contribution in [0.5, 0.6) is 0 Å². The van der Waals surface area contributed by atoms with Crippen LogP contribution in [-0.2, 0) is 6.54 Å². The van der Waals surface area contributed by atoms with Gasteiger partial charge in [0.05, 0.1) is 0 Å². The van der Waals surface area contributed by atoms with Gasteiger partial charge >= 0.3 is 0 Å². The van der Waals surface area contributed by atoms with E-state index in [0.717, 1.165) is 24.7 Å². The lowest BCUT2D eigenvalue weighted by Crippen LogP contribution is -2.43. The van der Waals surface area contributed by atoms with Crippen molar-refractivity contribution in [2.45, 2.75) is 6.54 Å². The molecule has 1 aromatic carbocycles. The molecule has 0 unspecified atom stereocenters. The van der Waals surface area contributed by atoms with E-state index in [0.29, 0.717) is 0 Å². The molecule has 0 aromatic heterocycles. The molecule has 0 bridgehead atoms. The van der Waals surface area contributed by atoms with Gasteiger partial charge < -0.3 is 4.90 Å². The van der Waals surface area contributed by atoms with Gasteiger partial charge in [-0.25, -0.2) is 0 Å². The van der Waals surface area contributed by atoms with Crippen molar-refractivity contribution in [3.8, 4) is 0 Å². The molecular weight excluding hydrogens is 279 g/mol. The van der Waals surface area contributed by atoms with Gasteiger partial charge in [0.15, 0.2) is 0 Å². The van der Waals surface area contributed by atoms with Crippen LogP contribution in [-0.4, -0.2) is 43.0 Å². The number of nitrogens with zero attached hydrogens (tertiary/aromatic N) is 2. The van der Waals surface area contributed by atoms with Gasteiger partial charge in [-0.15, -0.1) is 24.8 Å². The maximum atomic E-state index is 5.96. The van der Waals surface area contributed by atoms with E-state index in [1.807, 2.05) is 12.1 Å². The Bertz CT molecular complexity index is 325. The molecule has 0 amide bonds. The van der Waals surface area contributed by atoms with Gasteiger partial charge in [0, 0.05) is 37.7 Å². The average molecular weight is 298 g/mol. The van der Waals surface area contributed by atoms with Crippen LogP contribution < -0.4 is 0 Å². The van der Waals surface area contributed by atoms with Crippen molar-refractivity contribution in [3.63, 3.8) is 0 Å². The third kappa shape index (κ3) is 5.45. The highest BCUT2D eigenvalue weighted by Crippen LogP contribution is 2.13. The Morgan fingerprint density at radius 2 is 1.76 bits per heavy atom. The Hall–Kier alpha value is 0.01000. The minimum Gasteiger partial charge on any atom is -0.304 e. The van der Waals surface area contributed by atoms with Crippen molar-refractivity contribution in [2.24, 2.45) is 0 Å². The molecule has 5 heteroatoms. The maximum Gasteiger partial charge on any atom is 0.0409 e. The molecule has 0 aliphatic carbocycles. The van der Waals surface area contributed by atoms with E-state index in [4.69, 9.17) is 11.6 Å². The highest BCUT2D eigenvalue weighted by atomic mass is 35.5. The molecule has 0 atom stereocenters. The molecule has 0 saturated carbocycles. The number of hydrogen-bond acceptors (Lipinski definition) is 2. The van der Waals surface area contributed by atoms with Crippen molar-refractivity contribution in [1.82, 2.24) is 9.80 Å². The summed E-state index contributed by atoms with van der Waals surface area (Å²) in [5.74, 6) is 0. The van der Waals surface area contributed by atoms with Gasteiger partial charge in [-0.3, -0.25) is 4.90 Å². The monoisotopic (exact) mass is 296 g/mol. The van der Waals surface area contributed by atoms with E-state index in [9.17, 15) is 0 Å². The first-order valence-electron chi connectivity index (χ1n) is 5.39. The van der Waals surface area contributed by atoms with Crippen LogP contribution in [0.2, 0.25) is 5.02 Å². The van der Waals surface area contributed by atoms with Crippen molar-refractivity contribution >= 4 is 36.4 Å². The van der Waals surface area contributed by atoms with Crippen LogP contribution in [0.15, 0.2) is 24.3 Å². The van der Waals surface area contributed by atoms with Gasteiger partial charge in [0.25, 0.3) is 0 Å². The van der Waals surface area contributed by atoms with Crippen LogP contribution in [0, 0.1) is 0 Å². The fourth-order valence-electron chi connectivity index (χ4n) is 1.90. The second-order valence-electron chi connectivity index (χ2n) is 4.21. The Balaban J connectivity index is 0.00000128. The summed E-state index contributed by atoms with van der Waals surface area (Å²) in [5.41, 5.74) is 1.31. The fraction of sp³-hybridized carbons (Fsp3) is 0.500. The number of halogens is 3. The maximum absolute atomic E-state index is 5.96. The second kappa shape index (κ2) is 8.17. The van der Waals surface area contributed by atoms with Gasteiger partial charge in [-0.1, -0.05) is 23.7 Å². The molecule has 2 rings (SSSR count). The smallest absolute Gasteiger partial charge is 0.0409 e. The summed E-state index contributed by atoms with van der Waals surface area (Å²) in [6.07, 6.45) is 0. The Morgan fingerprint density at radius 1 is 1.12 bits per heavy atom. The molecule has 98 valence electrons. The largest absolute Gasteiger partial charge is 0.304 e. The lowest BCUT2D eigenvalue weighted by molar-refractivity contribution is 0.148. The third-order valence-electron chi connectivity index (χ3n) is 2.89. The summed E-state index contributed by atoms with van der Waals surface area (Å²) in [6.45, 7) is 5.67. The number of hydrogen-bond donors (Lipinski definition) is 0. The highest BCUT2D eigenvalue weighted by Gasteiger charge is 2.13. The number of benzene rings is 1. The van der Waals surface area contributed by atoms with Crippen molar-refractivity contribution < 1.29 is 0 Å². The SMILES string of the molecule is CN1CCN(Cc2cccc(Cl)c2)CC1.Cl.Cl.